The highest BCUT2D eigenvalue weighted by molar-refractivity contribution is 6.04. The number of para-hydroxylation sites is 1. The van der Waals surface area contributed by atoms with Crippen molar-refractivity contribution < 1.29 is 4.74 Å². The third kappa shape index (κ3) is 4.49. The zero-order chi connectivity index (χ0) is 22.3. The second kappa shape index (κ2) is 9.83. The van der Waals surface area contributed by atoms with Gasteiger partial charge in [0.05, 0.1) is 5.52 Å². The zero-order valence-electron chi connectivity index (χ0n) is 18.2. The van der Waals surface area contributed by atoms with Crippen molar-refractivity contribution in [2.24, 2.45) is 10.2 Å². The number of benzene rings is 3. The van der Waals surface area contributed by atoms with E-state index in [0.717, 1.165) is 51.0 Å². The number of pyridine rings is 1. The second-order valence-electron chi connectivity index (χ2n) is 7.31. The average molecular weight is 424 g/mol. The van der Waals surface area contributed by atoms with Gasteiger partial charge in [-0.05, 0) is 35.2 Å². The van der Waals surface area contributed by atoms with Crippen LogP contribution in [-0.2, 0) is 13.0 Å². The number of nitrogens with one attached hydrogen (secondary N) is 2. The first kappa shape index (κ1) is 21.2. The van der Waals surface area contributed by atoms with Gasteiger partial charge in [-0.2, -0.15) is 5.53 Å². The highest BCUT2D eigenvalue weighted by Crippen LogP contribution is 2.28. The number of hydrogen-bond donors (Lipinski definition) is 2. The lowest BCUT2D eigenvalue weighted by Gasteiger charge is -2.13. The van der Waals surface area contributed by atoms with Gasteiger partial charge in [-0.3, -0.25) is 9.98 Å². The van der Waals surface area contributed by atoms with Gasteiger partial charge in [0.15, 0.2) is 5.84 Å². The molecular formula is C26H25N5O. The van der Waals surface area contributed by atoms with Crippen molar-refractivity contribution in [3.05, 3.63) is 95.7 Å². The topological polar surface area (TPSA) is 82.7 Å². The summed E-state index contributed by atoms with van der Waals surface area (Å²) in [4.78, 5) is 8.90. The Hall–Kier alpha value is -4.06. The molecule has 0 atom stereocenters. The first-order chi connectivity index (χ1) is 15.7. The van der Waals surface area contributed by atoms with Gasteiger partial charge in [-0.15, -0.1) is 0 Å². The lowest BCUT2D eigenvalue weighted by Crippen LogP contribution is -2.18. The number of aliphatic imine (C=N–C) groups is 1. The summed E-state index contributed by atoms with van der Waals surface area (Å²) >= 11 is 0. The molecule has 0 saturated heterocycles. The van der Waals surface area contributed by atoms with Crippen molar-refractivity contribution in [1.29, 1.82) is 5.53 Å². The van der Waals surface area contributed by atoms with Crippen LogP contribution in [0.4, 0.5) is 0 Å². The predicted molar refractivity (Wildman–Crippen MR) is 128 cm³/mol. The molecule has 4 aromatic rings. The largest absolute Gasteiger partial charge is 0.488 e. The number of hydrogen-bond acceptors (Lipinski definition) is 5. The van der Waals surface area contributed by atoms with Crippen molar-refractivity contribution in [1.82, 2.24) is 10.4 Å². The zero-order valence-corrected chi connectivity index (χ0v) is 18.2. The van der Waals surface area contributed by atoms with Gasteiger partial charge in [0.25, 0.3) is 0 Å². The van der Waals surface area contributed by atoms with Crippen LogP contribution >= 0.6 is 0 Å². The van der Waals surface area contributed by atoms with E-state index in [-0.39, 0.29) is 0 Å². The van der Waals surface area contributed by atoms with E-state index >= 15 is 0 Å². The van der Waals surface area contributed by atoms with E-state index in [2.05, 4.69) is 51.8 Å². The molecule has 3 aromatic carbocycles. The maximum absolute atomic E-state index is 7.10. The summed E-state index contributed by atoms with van der Waals surface area (Å²) in [5, 5.41) is 4.29. The molecule has 4 rings (SSSR count). The molecule has 0 aliphatic carbocycles. The fourth-order valence-corrected chi connectivity index (χ4v) is 3.66. The monoisotopic (exact) mass is 423 g/mol. The summed E-state index contributed by atoms with van der Waals surface area (Å²) < 4.78 is 6.20. The SMILES string of the molecule is CCc1cc(OCc2ccc(-c3ccccc3/C(=N/C)NN=N)cc2)c2ccccc2n1. The Kier molecular flexibility index (Phi) is 6.51. The molecule has 6 heteroatoms. The Morgan fingerprint density at radius 3 is 2.50 bits per heavy atom. The van der Waals surface area contributed by atoms with E-state index in [0.29, 0.717) is 12.4 Å². The number of amidine groups is 1. The summed E-state index contributed by atoms with van der Waals surface area (Å²) in [5.41, 5.74) is 15.8. The summed E-state index contributed by atoms with van der Waals surface area (Å²) in [6.07, 6.45) is 0.862. The van der Waals surface area contributed by atoms with Gasteiger partial charge < -0.3 is 4.74 Å². The minimum absolute atomic E-state index is 0.472. The highest BCUT2D eigenvalue weighted by atomic mass is 16.5. The third-order valence-electron chi connectivity index (χ3n) is 5.32. The van der Waals surface area contributed by atoms with Crippen molar-refractivity contribution in [3.63, 3.8) is 0 Å². The maximum atomic E-state index is 7.10. The Morgan fingerprint density at radius 1 is 1.00 bits per heavy atom. The maximum Gasteiger partial charge on any atom is 0.150 e. The summed E-state index contributed by atoms with van der Waals surface area (Å²) in [5.74, 6) is 1.41. The smallest absolute Gasteiger partial charge is 0.150 e. The molecule has 1 heterocycles. The molecule has 0 spiro atoms. The molecule has 0 aliphatic heterocycles. The van der Waals surface area contributed by atoms with Gasteiger partial charge in [0, 0.05) is 29.8 Å². The molecule has 0 aliphatic rings. The normalized spacial score (nSPS) is 11.4. The molecule has 6 nitrogen and oxygen atoms in total. The number of aromatic nitrogens is 1. The first-order valence-electron chi connectivity index (χ1n) is 10.5. The Balaban J connectivity index is 1.57. The van der Waals surface area contributed by atoms with Gasteiger partial charge in [0.2, 0.25) is 0 Å². The standard InChI is InChI=1S/C26H25N5O/c1-3-20-16-25(23-10-6-7-11-24(23)29-20)32-17-18-12-14-19(15-13-18)21-8-4-5-9-22(21)26(28-2)30-31-27/h4-16H,3,17H2,1-2H3,(H2,27,28,30). The molecule has 0 fully saturated rings. The van der Waals surface area contributed by atoms with Gasteiger partial charge in [-0.1, -0.05) is 72.8 Å². The fraction of sp³-hybridized carbons (Fsp3) is 0.154. The number of rotatable bonds is 7. The van der Waals surface area contributed by atoms with E-state index in [9.17, 15) is 0 Å². The Morgan fingerprint density at radius 2 is 1.75 bits per heavy atom. The first-order valence-corrected chi connectivity index (χ1v) is 10.5. The van der Waals surface area contributed by atoms with Crippen LogP contribution in [0.15, 0.2) is 89.1 Å². The molecule has 0 amide bonds. The van der Waals surface area contributed by atoms with E-state index in [1.54, 1.807) is 7.05 Å². The molecule has 32 heavy (non-hydrogen) atoms. The number of fused-ring (bicyclic) bond motifs is 1. The van der Waals surface area contributed by atoms with Gasteiger partial charge in [0.1, 0.15) is 12.4 Å². The van der Waals surface area contributed by atoms with Crippen LogP contribution in [0.2, 0.25) is 0 Å². The minimum Gasteiger partial charge on any atom is -0.488 e. The van der Waals surface area contributed by atoms with E-state index in [1.165, 1.54) is 0 Å². The predicted octanol–water partition coefficient (Wildman–Crippen LogP) is 5.96. The molecule has 2 N–H and O–H groups in total. The number of ether oxygens (including phenoxy) is 1. The molecule has 0 bridgehead atoms. The lowest BCUT2D eigenvalue weighted by molar-refractivity contribution is 0.309. The van der Waals surface area contributed by atoms with Gasteiger partial charge in [-0.25, -0.2) is 5.43 Å². The molecule has 160 valence electrons. The summed E-state index contributed by atoms with van der Waals surface area (Å²) in [6.45, 7) is 2.57. The van der Waals surface area contributed by atoms with E-state index in [4.69, 9.17) is 10.3 Å². The third-order valence-corrected chi connectivity index (χ3v) is 5.32. The van der Waals surface area contributed by atoms with Crippen LogP contribution in [0.5, 0.6) is 5.75 Å². The summed E-state index contributed by atoms with van der Waals surface area (Å²) in [7, 11) is 1.68. The van der Waals surface area contributed by atoms with Crippen LogP contribution < -0.4 is 10.2 Å². The molecule has 0 saturated carbocycles. The van der Waals surface area contributed by atoms with Crippen LogP contribution in [0.3, 0.4) is 0 Å². The Labute approximate surface area is 187 Å². The van der Waals surface area contributed by atoms with Crippen molar-refractivity contribution >= 4 is 16.7 Å². The van der Waals surface area contributed by atoms with Crippen LogP contribution in [-0.4, -0.2) is 17.9 Å². The highest BCUT2D eigenvalue weighted by Gasteiger charge is 2.11. The molecule has 1 aromatic heterocycles. The Bertz CT molecular complexity index is 1260. The molecular weight excluding hydrogens is 398 g/mol. The van der Waals surface area contributed by atoms with Gasteiger partial charge >= 0.3 is 0 Å². The van der Waals surface area contributed by atoms with Crippen LogP contribution in [0, 0.1) is 5.53 Å². The van der Waals surface area contributed by atoms with Crippen LogP contribution in [0.1, 0.15) is 23.7 Å². The van der Waals surface area contributed by atoms with E-state index < -0.39 is 0 Å². The minimum atomic E-state index is 0.472. The fourth-order valence-electron chi connectivity index (χ4n) is 3.66. The average Bonchev–Trinajstić information content (AvgIpc) is 2.86. The molecule has 0 radical (unpaired) electrons. The van der Waals surface area contributed by atoms with Crippen LogP contribution in [0.25, 0.3) is 22.0 Å². The second-order valence-corrected chi connectivity index (χ2v) is 7.31. The van der Waals surface area contributed by atoms with Crippen molar-refractivity contribution in [2.75, 3.05) is 7.05 Å². The summed E-state index contributed by atoms with van der Waals surface area (Å²) in [6, 6.07) is 26.3. The van der Waals surface area contributed by atoms with Crippen molar-refractivity contribution in [3.8, 4) is 16.9 Å². The van der Waals surface area contributed by atoms with Crippen molar-refractivity contribution in [2.45, 2.75) is 20.0 Å². The lowest BCUT2D eigenvalue weighted by atomic mass is 9.98. The number of nitrogens with zero attached hydrogens (tertiary/aromatic N) is 3. The number of aryl methyl sites for hydroxylation is 1. The molecule has 0 unspecified atom stereocenters. The quantitative estimate of drug-likeness (QED) is 0.167. The van der Waals surface area contributed by atoms with E-state index in [1.807, 2.05) is 54.6 Å².